The van der Waals surface area contributed by atoms with Crippen LogP contribution < -0.4 is 5.32 Å². The van der Waals surface area contributed by atoms with Crippen molar-refractivity contribution in [3.8, 4) is 0 Å². The predicted molar refractivity (Wildman–Crippen MR) is 86.0 cm³/mol. The summed E-state index contributed by atoms with van der Waals surface area (Å²) in [6.45, 7) is 1.90. The summed E-state index contributed by atoms with van der Waals surface area (Å²) in [7, 11) is 3.96. The van der Waals surface area contributed by atoms with Crippen molar-refractivity contribution >= 4 is 17.4 Å². The van der Waals surface area contributed by atoms with Crippen LogP contribution in [0.5, 0.6) is 0 Å². The molecule has 23 heavy (non-hydrogen) atoms. The number of anilines is 1. The predicted octanol–water partition coefficient (Wildman–Crippen LogP) is 2.09. The standard InChI is InChI=1S/C15H19ClFN5O/c1-21-5-6-23-13(14(21)12-3-4-20-22(12)2)9-19-15-11(17)7-10(16)8-18-15/h3-4,7-8,13-14H,5-6,9H2,1-2H3,(H,18,19)/t13-,14-/m0/s1. The van der Waals surface area contributed by atoms with Crippen molar-refractivity contribution in [2.45, 2.75) is 12.1 Å². The Morgan fingerprint density at radius 2 is 2.30 bits per heavy atom. The highest BCUT2D eigenvalue weighted by Crippen LogP contribution is 2.28. The summed E-state index contributed by atoms with van der Waals surface area (Å²) >= 11 is 5.72. The van der Waals surface area contributed by atoms with Gasteiger partial charge in [0, 0.05) is 32.5 Å². The smallest absolute Gasteiger partial charge is 0.166 e. The third kappa shape index (κ3) is 3.46. The van der Waals surface area contributed by atoms with E-state index < -0.39 is 5.82 Å². The molecule has 0 aliphatic carbocycles. The Bertz CT molecular complexity index is 680. The van der Waals surface area contributed by atoms with Crippen LogP contribution in [0.15, 0.2) is 24.5 Å². The van der Waals surface area contributed by atoms with Crippen molar-refractivity contribution in [1.29, 1.82) is 0 Å². The maximum absolute atomic E-state index is 13.8. The average Bonchev–Trinajstić information content (AvgIpc) is 2.92. The van der Waals surface area contributed by atoms with Crippen molar-refractivity contribution in [2.24, 2.45) is 7.05 Å². The molecule has 3 heterocycles. The van der Waals surface area contributed by atoms with Gasteiger partial charge in [-0.25, -0.2) is 9.37 Å². The molecule has 0 aromatic carbocycles. The molecule has 3 rings (SSSR count). The molecule has 8 heteroatoms. The lowest BCUT2D eigenvalue weighted by molar-refractivity contribution is -0.0581. The number of aromatic nitrogens is 3. The first-order valence-electron chi connectivity index (χ1n) is 7.41. The molecule has 1 aliphatic rings. The first-order valence-corrected chi connectivity index (χ1v) is 7.78. The van der Waals surface area contributed by atoms with Gasteiger partial charge >= 0.3 is 0 Å². The van der Waals surface area contributed by atoms with Crippen LogP contribution in [-0.2, 0) is 11.8 Å². The number of nitrogens with zero attached hydrogens (tertiary/aromatic N) is 4. The first kappa shape index (κ1) is 16.2. The minimum Gasteiger partial charge on any atom is -0.373 e. The van der Waals surface area contributed by atoms with Crippen LogP contribution in [0.3, 0.4) is 0 Å². The molecule has 1 fully saturated rings. The van der Waals surface area contributed by atoms with Crippen LogP contribution in [0.1, 0.15) is 11.7 Å². The fourth-order valence-electron chi connectivity index (χ4n) is 2.87. The number of rotatable bonds is 4. The van der Waals surface area contributed by atoms with E-state index in [9.17, 15) is 4.39 Å². The topological polar surface area (TPSA) is 55.2 Å². The molecule has 2 aromatic rings. The van der Waals surface area contributed by atoms with Gasteiger partial charge in [0.05, 0.1) is 29.5 Å². The van der Waals surface area contributed by atoms with Crippen molar-refractivity contribution < 1.29 is 9.13 Å². The number of hydrogen-bond acceptors (Lipinski definition) is 5. The second-order valence-corrected chi connectivity index (χ2v) is 6.02. The maximum atomic E-state index is 13.8. The lowest BCUT2D eigenvalue weighted by atomic mass is 10.0. The van der Waals surface area contributed by atoms with E-state index in [0.717, 1.165) is 12.2 Å². The van der Waals surface area contributed by atoms with Crippen LogP contribution in [0.4, 0.5) is 10.2 Å². The number of aryl methyl sites for hydroxylation is 1. The average molecular weight is 340 g/mol. The fraction of sp³-hybridized carbons (Fsp3) is 0.467. The van der Waals surface area contributed by atoms with Crippen molar-refractivity contribution in [3.63, 3.8) is 0 Å². The Hall–Kier alpha value is -1.70. The molecule has 2 atom stereocenters. The molecule has 0 saturated carbocycles. The van der Waals surface area contributed by atoms with Gasteiger partial charge in [0.15, 0.2) is 11.6 Å². The number of halogens is 2. The molecule has 0 bridgehead atoms. The molecule has 0 spiro atoms. The molecule has 1 aliphatic heterocycles. The molecule has 0 unspecified atom stereocenters. The highest BCUT2D eigenvalue weighted by Gasteiger charge is 2.33. The van der Waals surface area contributed by atoms with Crippen LogP contribution in [0, 0.1) is 5.82 Å². The van der Waals surface area contributed by atoms with E-state index >= 15 is 0 Å². The highest BCUT2D eigenvalue weighted by molar-refractivity contribution is 6.30. The van der Waals surface area contributed by atoms with E-state index in [1.807, 2.05) is 24.8 Å². The number of likely N-dealkylation sites (N-methyl/N-ethyl adjacent to an activating group) is 1. The summed E-state index contributed by atoms with van der Waals surface area (Å²) < 4.78 is 21.6. The summed E-state index contributed by atoms with van der Waals surface area (Å²) in [6, 6.07) is 3.26. The van der Waals surface area contributed by atoms with Crippen molar-refractivity contribution in [2.75, 3.05) is 32.1 Å². The number of hydrogen-bond donors (Lipinski definition) is 1. The molecule has 124 valence electrons. The molecule has 1 saturated heterocycles. The zero-order chi connectivity index (χ0) is 16.4. The Morgan fingerprint density at radius 1 is 1.48 bits per heavy atom. The third-order valence-electron chi connectivity index (χ3n) is 4.04. The monoisotopic (exact) mass is 339 g/mol. The Balaban J connectivity index is 1.75. The minimum absolute atomic E-state index is 0.0408. The fourth-order valence-corrected chi connectivity index (χ4v) is 3.01. The molecule has 0 amide bonds. The van der Waals surface area contributed by atoms with Gasteiger partial charge < -0.3 is 10.1 Å². The third-order valence-corrected chi connectivity index (χ3v) is 4.25. The van der Waals surface area contributed by atoms with E-state index in [4.69, 9.17) is 16.3 Å². The number of morpholine rings is 1. The van der Waals surface area contributed by atoms with Gasteiger partial charge in [-0.1, -0.05) is 11.6 Å². The second-order valence-electron chi connectivity index (χ2n) is 5.58. The Morgan fingerprint density at radius 3 is 3.00 bits per heavy atom. The van der Waals surface area contributed by atoms with Gasteiger partial charge in [-0.3, -0.25) is 9.58 Å². The largest absolute Gasteiger partial charge is 0.373 e. The minimum atomic E-state index is -0.473. The molecule has 6 nitrogen and oxygen atoms in total. The Labute approximate surface area is 139 Å². The van der Waals surface area contributed by atoms with E-state index in [1.165, 1.54) is 12.3 Å². The second kappa shape index (κ2) is 6.82. The van der Waals surface area contributed by atoms with Gasteiger partial charge in [0.25, 0.3) is 0 Å². The number of nitrogens with one attached hydrogen (secondary N) is 1. The van der Waals surface area contributed by atoms with E-state index in [-0.39, 0.29) is 23.0 Å². The molecule has 2 aromatic heterocycles. The van der Waals surface area contributed by atoms with E-state index in [2.05, 4.69) is 20.3 Å². The zero-order valence-electron chi connectivity index (χ0n) is 13.0. The van der Waals surface area contributed by atoms with E-state index in [1.54, 1.807) is 6.20 Å². The molecular weight excluding hydrogens is 321 g/mol. The summed E-state index contributed by atoms with van der Waals surface area (Å²) in [6.07, 6.45) is 3.04. The summed E-state index contributed by atoms with van der Waals surface area (Å²) in [5, 5.41) is 7.52. The normalized spacial score (nSPS) is 22.3. The van der Waals surface area contributed by atoms with Crippen molar-refractivity contribution in [3.05, 3.63) is 41.1 Å². The molecule has 1 N–H and O–H groups in total. The quantitative estimate of drug-likeness (QED) is 0.924. The zero-order valence-corrected chi connectivity index (χ0v) is 13.8. The van der Waals surface area contributed by atoms with Crippen molar-refractivity contribution in [1.82, 2.24) is 19.7 Å². The van der Waals surface area contributed by atoms with Crippen LogP contribution >= 0.6 is 11.6 Å². The SMILES string of the molecule is CN1CCO[C@@H](CNc2ncc(Cl)cc2F)[C@@H]1c1ccnn1C. The van der Waals surface area contributed by atoms with Crippen LogP contribution in [-0.4, -0.2) is 52.5 Å². The van der Waals surface area contributed by atoms with E-state index in [0.29, 0.717) is 13.2 Å². The van der Waals surface area contributed by atoms with Gasteiger partial charge in [-0.05, 0) is 19.2 Å². The Kier molecular flexibility index (Phi) is 4.79. The molecular formula is C15H19ClFN5O. The summed E-state index contributed by atoms with van der Waals surface area (Å²) in [5.74, 6) is -0.297. The van der Waals surface area contributed by atoms with Crippen LogP contribution in [0.25, 0.3) is 0 Å². The maximum Gasteiger partial charge on any atom is 0.166 e. The lowest BCUT2D eigenvalue weighted by Gasteiger charge is -2.39. The molecule has 0 radical (unpaired) electrons. The van der Waals surface area contributed by atoms with Gasteiger partial charge in [-0.15, -0.1) is 0 Å². The van der Waals surface area contributed by atoms with Gasteiger partial charge in [-0.2, -0.15) is 5.10 Å². The summed E-state index contributed by atoms with van der Waals surface area (Å²) in [4.78, 5) is 6.20. The van der Waals surface area contributed by atoms with Crippen LogP contribution in [0.2, 0.25) is 5.02 Å². The highest BCUT2D eigenvalue weighted by atomic mass is 35.5. The van der Waals surface area contributed by atoms with Gasteiger partial charge in [0.2, 0.25) is 0 Å². The number of ether oxygens (including phenoxy) is 1. The summed E-state index contributed by atoms with van der Waals surface area (Å²) in [5.41, 5.74) is 1.06. The van der Waals surface area contributed by atoms with Gasteiger partial charge in [0.1, 0.15) is 0 Å². The first-order chi connectivity index (χ1) is 11.1. The number of pyridine rings is 1. The lowest BCUT2D eigenvalue weighted by Crippen LogP contribution is -2.46.